The van der Waals surface area contributed by atoms with E-state index in [0.717, 1.165) is 0 Å². The standard InChI is InChI=1S/C11H15NO4S/c1-16-9-5-8-11(13)12-17(14,15)10-6-3-2-4-7-10/h2-4,6-7H,5,8-9H2,1H3,(H,12,13). The molecule has 1 N–H and O–H groups in total. The zero-order valence-corrected chi connectivity index (χ0v) is 10.4. The van der Waals surface area contributed by atoms with Crippen LogP contribution in [0.1, 0.15) is 12.8 Å². The number of methoxy groups -OCH3 is 1. The molecule has 6 heteroatoms. The summed E-state index contributed by atoms with van der Waals surface area (Å²) in [4.78, 5) is 11.4. The summed E-state index contributed by atoms with van der Waals surface area (Å²) in [6.07, 6.45) is 0.618. The molecule has 0 aliphatic carbocycles. The number of nitrogens with one attached hydrogen (secondary N) is 1. The van der Waals surface area contributed by atoms with Crippen molar-refractivity contribution in [3.05, 3.63) is 30.3 Å². The fourth-order valence-corrected chi connectivity index (χ4v) is 2.27. The Kier molecular flexibility index (Phi) is 5.11. The van der Waals surface area contributed by atoms with Gasteiger partial charge < -0.3 is 4.74 Å². The molecule has 0 aliphatic heterocycles. The Morgan fingerprint density at radius 2 is 1.94 bits per heavy atom. The van der Waals surface area contributed by atoms with Crippen LogP contribution in [0.4, 0.5) is 0 Å². The van der Waals surface area contributed by atoms with Gasteiger partial charge in [-0.2, -0.15) is 0 Å². The monoisotopic (exact) mass is 257 g/mol. The molecule has 0 saturated carbocycles. The molecule has 5 nitrogen and oxygen atoms in total. The summed E-state index contributed by atoms with van der Waals surface area (Å²) in [5.41, 5.74) is 0. The van der Waals surface area contributed by atoms with Crippen LogP contribution in [-0.2, 0) is 19.6 Å². The maximum Gasteiger partial charge on any atom is 0.264 e. The molecular weight excluding hydrogens is 242 g/mol. The highest BCUT2D eigenvalue weighted by atomic mass is 32.2. The number of carbonyl (C=O) groups is 1. The van der Waals surface area contributed by atoms with E-state index in [2.05, 4.69) is 0 Å². The lowest BCUT2D eigenvalue weighted by Crippen LogP contribution is -2.30. The van der Waals surface area contributed by atoms with Crippen molar-refractivity contribution in [1.82, 2.24) is 4.72 Å². The van der Waals surface area contributed by atoms with Crippen LogP contribution < -0.4 is 4.72 Å². The molecule has 0 bridgehead atoms. The largest absolute Gasteiger partial charge is 0.385 e. The Morgan fingerprint density at radius 3 is 2.53 bits per heavy atom. The quantitative estimate of drug-likeness (QED) is 0.769. The van der Waals surface area contributed by atoms with Gasteiger partial charge in [-0.05, 0) is 18.6 Å². The number of benzene rings is 1. The lowest BCUT2D eigenvalue weighted by atomic mass is 10.3. The second-order valence-corrected chi connectivity index (χ2v) is 5.12. The van der Waals surface area contributed by atoms with Crippen LogP contribution in [0, 0.1) is 0 Å². The number of hydrogen-bond donors (Lipinski definition) is 1. The Bertz CT molecular complexity index is 456. The van der Waals surface area contributed by atoms with Crippen LogP contribution >= 0.6 is 0 Å². The average Bonchev–Trinajstić information content (AvgIpc) is 2.30. The highest BCUT2D eigenvalue weighted by Crippen LogP contribution is 2.07. The molecule has 1 aromatic carbocycles. The summed E-state index contributed by atoms with van der Waals surface area (Å²) in [7, 11) is -2.21. The van der Waals surface area contributed by atoms with E-state index < -0.39 is 15.9 Å². The van der Waals surface area contributed by atoms with Crippen LogP contribution in [0.3, 0.4) is 0 Å². The second kappa shape index (κ2) is 6.36. The van der Waals surface area contributed by atoms with Gasteiger partial charge in [0, 0.05) is 20.1 Å². The maximum absolute atomic E-state index is 11.7. The van der Waals surface area contributed by atoms with Crippen LogP contribution in [0.25, 0.3) is 0 Å². The number of ether oxygens (including phenoxy) is 1. The third kappa shape index (κ3) is 4.54. The first-order chi connectivity index (χ1) is 8.06. The Balaban J connectivity index is 2.59. The van der Waals surface area contributed by atoms with Gasteiger partial charge in [-0.25, -0.2) is 13.1 Å². The van der Waals surface area contributed by atoms with E-state index in [1.165, 1.54) is 19.2 Å². The molecule has 1 amide bonds. The predicted octanol–water partition coefficient (Wildman–Crippen LogP) is 0.918. The van der Waals surface area contributed by atoms with Crippen molar-refractivity contribution in [2.45, 2.75) is 17.7 Å². The lowest BCUT2D eigenvalue weighted by molar-refractivity contribution is -0.119. The summed E-state index contributed by atoms with van der Waals surface area (Å²) in [6.45, 7) is 0.429. The third-order valence-corrected chi connectivity index (χ3v) is 3.44. The van der Waals surface area contributed by atoms with Gasteiger partial charge in [-0.15, -0.1) is 0 Å². The summed E-state index contributed by atoms with van der Waals surface area (Å²) < 4.78 is 30.2. The molecule has 0 radical (unpaired) electrons. The molecule has 17 heavy (non-hydrogen) atoms. The minimum atomic E-state index is -3.74. The van der Waals surface area contributed by atoms with Crippen molar-refractivity contribution in [1.29, 1.82) is 0 Å². The van der Waals surface area contributed by atoms with Gasteiger partial charge in [0.2, 0.25) is 5.91 Å². The second-order valence-electron chi connectivity index (χ2n) is 3.44. The first kappa shape index (κ1) is 13.7. The van der Waals surface area contributed by atoms with E-state index in [9.17, 15) is 13.2 Å². The number of amides is 1. The molecule has 0 spiro atoms. The van der Waals surface area contributed by atoms with E-state index in [1.807, 2.05) is 4.72 Å². The fourth-order valence-electron chi connectivity index (χ4n) is 1.24. The Labute approximate surface area is 101 Å². The molecule has 0 saturated heterocycles. The number of rotatable bonds is 6. The van der Waals surface area contributed by atoms with Gasteiger partial charge in [0.05, 0.1) is 4.90 Å². The zero-order valence-electron chi connectivity index (χ0n) is 9.55. The first-order valence-electron chi connectivity index (χ1n) is 5.16. The van der Waals surface area contributed by atoms with E-state index in [1.54, 1.807) is 18.2 Å². The normalized spacial score (nSPS) is 11.1. The minimum absolute atomic E-state index is 0.0834. The topological polar surface area (TPSA) is 72.5 Å². The molecule has 1 rings (SSSR count). The van der Waals surface area contributed by atoms with Gasteiger partial charge >= 0.3 is 0 Å². The highest BCUT2D eigenvalue weighted by molar-refractivity contribution is 7.90. The molecule has 94 valence electrons. The van der Waals surface area contributed by atoms with Crippen molar-refractivity contribution in [2.24, 2.45) is 0 Å². The Morgan fingerprint density at radius 1 is 1.29 bits per heavy atom. The molecular formula is C11H15NO4S. The fraction of sp³-hybridized carbons (Fsp3) is 0.364. The van der Waals surface area contributed by atoms with Gasteiger partial charge in [-0.1, -0.05) is 18.2 Å². The van der Waals surface area contributed by atoms with Crippen molar-refractivity contribution < 1.29 is 17.9 Å². The number of hydrogen-bond acceptors (Lipinski definition) is 4. The van der Waals surface area contributed by atoms with Crippen molar-refractivity contribution in [3.63, 3.8) is 0 Å². The lowest BCUT2D eigenvalue weighted by Gasteiger charge is -2.06. The first-order valence-corrected chi connectivity index (χ1v) is 6.64. The molecule has 0 fully saturated rings. The van der Waals surface area contributed by atoms with Crippen molar-refractivity contribution in [2.75, 3.05) is 13.7 Å². The predicted molar refractivity (Wildman–Crippen MR) is 62.9 cm³/mol. The summed E-state index contributed by atoms with van der Waals surface area (Å²) >= 11 is 0. The van der Waals surface area contributed by atoms with E-state index in [4.69, 9.17) is 4.74 Å². The zero-order chi connectivity index (χ0) is 12.7. The maximum atomic E-state index is 11.7. The molecule has 0 aliphatic rings. The van der Waals surface area contributed by atoms with Crippen LogP contribution in [0.2, 0.25) is 0 Å². The van der Waals surface area contributed by atoms with Gasteiger partial charge in [-0.3, -0.25) is 4.79 Å². The number of carbonyl (C=O) groups excluding carboxylic acids is 1. The van der Waals surface area contributed by atoms with Gasteiger partial charge in [0.15, 0.2) is 0 Å². The third-order valence-electron chi connectivity index (χ3n) is 2.05. The van der Waals surface area contributed by atoms with E-state index >= 15 is 0 Å². The molecule has 1 aromatic rings. The van der Waals surface area contributed by atoms with Crippen LogP contribution in [0.15, 0.2) is 35.2 Å². The van der Waals surface area contributed by atoms with Gasteiger partial charge in [0.25, 0.3) is 10.0 Å². The van der Waals surface area contributed by atoms with E-state index in [-0.39, 0.29) is 11.3 Å². The molecule has 0 atom stereocenters. The SMILES string of the molecule is COCCCC(=O)NS(=O)(=O)c1ccccc1. The molecule has 0 unspecified atom stereocenters. The molecule has 0 aromatic heterocycles. The highest BCUT2D eigenvalue weighted by Gasteiger charge is 2.16. The van der Waals surface area contributed by atoms with Crippen molar-refractivity contribution in [3.8, 4) is 0 Å². The average molecular weight is 257 g/mol. The summed E-state index contributed by atoms with van der Waals surface area (Å²) in [5.74, 6) is -0.522. The smallest absolute Gasteiger partial charge is 0.264 e. The Hall–Kier alpha value is -1.40. The van der Waals surface area contributed by atoms with Crippen molar-refractivity contribution >= 4 is 15.9 Å². The van der Waals surface area contributed by atoms with Crippen LogP contribution in [-0.4, -0.2) is 28.0 Å². The van der Waals surface area contributed by atoms with Gasteiger partial charge in [0.1, 0.15) is 0 Å². The number of sulfonamides is 1. The minimum Gasteiger partial charge on any atom is -0.385 e. The van der Waals surface area contributed by atoms with E-state index in [0.29, 0.717) is 13.0 Å². The summed E-state index contributed by atoms with van der Waals surface area (Å²) in [5, 5.41) is 0. The van der Waals surface area contributed by atoms with Crippen LogP contribution in [0.5, 0.6) is 0 Å². The summed E-state index contributed by atoms with van der Waals surface area (Å²) in [6, 6.07) is 7.78. The molecule has 0 heterocycles.